The van der Waals surface area contributed by atoms with Crippen LogP contribution in [0.5, 0.6) is 0 Å². The van der Waals surface area contributed by atoms with Crippen molar-refractivity contribution in [1.82, 2.24) is 4.98 Å². The van der Waals surface area contributed by atoms with Crippen LogP contribution in [0.2, 0.25) is 5.02 Å². The Labute approximate surface area is 161 Å². The van der Waals surface area contributed by atoms with Crippen LogP contribution < -0.4 is 10.6 Å². The van der Waals surface area contributed by atoms with Gasteiger partial charge in [-0.2, -0.15) is 0 Å². The van der Waals surface area contributed by atoms with Crippen LogP contribution in [-0.4, -0.2) is 24.0 Å². The van der Waals surface area contributed by atoms with E-state index in [2.05, 4.69) is 9.88 Å². The molecule has 3 aromatic rings. The molecule has 2 heterocycles. The average molecular weight is 384 g/mol. The van der Waals surface area contributed by atoms with Crippen molar-refractivity contribution in [3.05, 3.63) is 59.4 Å². The monoisotopic (exact) mass is 383 g/mol. The van der Waals surface area contributed by atoms with Crippen molar-refractivity contribution >= 4 is 34.1 Å². The second-order valence-electron chi connectivity index (χ2n) is 6.83. The third-order valence-electron chi connectivity index (χ3n) is 5.15. The normalized spacial score (nSPS) is 15.3. The quantitative estimate of drug-likeness (QED) is 0.729. The van der Waals surface area contributed by atoms with E-state index in [1.807, 2.05) is 24.3 Å². The number of fused-ring (bicyclic) bond motifs is 1. The number of piperidine rings is 1. The van der Waals surface area contributed by atoms with Crippen LogP contribution in [0.3, 0.4) is 0 Å². The summed E-state index contributed by atoms with van der Waals surface area (Å²) in [6, 6.07) is 14.3. The van der Waals surface area contributed by atoms with Gasteiger partial charge >= 0.3 is 0 Å². The van der Waals surface area contributed by atoms with E-state index < -0.39 is 0 Å². The van der Waals surface area contributed by atoms with Gasteiger partial charge < -0.3 is 10.6 Å². The summed E-state index contributed by atoms with van der Waals surface area (Å²) in [6.45, 7) is 1.40. The van der Waals surface area contributed by atoms with Gasteiger partial charge in [-0.25, -0.2) is 9.37 Å². The van der Waals surface area contributed by atoms with Gasteiger partial charge in [0.1, 0.15) is 11.3 Å². The number of nitrogens with zero attached hydrogens (tertiary/aromatic N) is 2. The highest BCUT2D eigenvalue weighted by Crippen LogP contribution is 2.34. The number of hydrogen-bond acceptors (Lipinski definition) is 3. The molecular weight excluding hydrogens is 365 g/mol. The van der Waals surface area contributed by atoms with Crippen molar-refractivity contribution in [3.8, 4) is 11.3 Å². The first-order valence-electron chi connectivity index (χ1n) is 8.92. The number of hydrogen-bond donors (Lipinski definition) is 1. The van der Waals surface area contributed by atoms with E-state index in [-0.39, 0.29) is 17.6 Å². The van der Waals surface area contributed by atoms with Gasteiger partial charge in [0.25, 0.3) is 0 Å². The Morgan fingerprint density at radius 1 is 1.15 bits per heavy atom. The first-order valence-corrected chi connectivity index (χ1v) is 9.30. The van der Waals surface area contributed by atoms with Crippen LogP contribution in [0.1, 0.15) is 12.8 Å². The largest absolute Gasteiger partial charge is 0.371 e. The van der Waals surface area contributed by atoms with Gasteiger partial charge in [-0.15, -0.1) is 0 Å². The maximum absolute atomic E-state index is 14.5. The van der Waals surface area contributed by atoms with Crippen LogP contribution in [0.15, 0.2) is 48.5 Å². The first kappa shape index (κ1) is 17.7. The minimum atomic E-state index is -0.350. The van der Waals surface area contributed by atoms with Crippen LogP contribution in [0.25, 0.3) is 22.2 Å². The maximum Gasteiger partial charge on any atom is 0.220 e. The number of amides is 1. The van der Waals surface area contributed by atoms with Crippen LogP contribution >= 0.6 is 11.6 Å². The summed E-state index contributed by atoms with van der Waals surface area (Å²) in [6.07, 6.45) is 1.40. The Balaban J connectivity index is 1.80. The maximum atomic E-state index is 14.5. The Morgan fingerprint density at radius 3 is 2.52 bits per heavy atom. The molecule has 0 saturated carbocycles. The molecule has 2 N–H and O–H groups in total. The lowest BCUT2D eigenvalue weighted by Crippen LogP contribution is -2.38. The molecule has 6 heteroatoms. The lowest BCUT2D eigenvalue weighted by molar-refractivity contribution is -0.122. The summed E-state index contributed by atoms with van der Waals surface area (Å²) in [4.78, 5) is 18.2. The summed E-state index contributed by atoms with van der Waals surface area (Å²) in [5, 5.41) is 1.41. The van der Waals surface area contributed by atoms with E-state index >= 15 is 0 Å². The molecule has 4 nitrogen and oxygen atoms in total. The molecule has 0 aliphatic carbocycles. The van der Waals surface area contributed by atoms with Crippen molar-refractivity contribution in [2.75, 3.05) is 18.0 Å². The fraction of sp³-hybridized carbons (Fsp3) is 0.238. The molecule has 1 amide bonds. The number of primary amides is 1. The van der Waals surface area contributed by atoms with Gasteiger partial charge in [0.05, 0.1) is 5.69 Å². The minimum absolute atomic E-state index is 0.0955. The van der Waals surface area contributed by atoms with Gasteiger partial charge in [-0.3, -0.25) is 4.79 Å². The number of aromatic nitrogens is 1. The highest BCUT2D eigenvalue weighted by atomic mass is 35.5. The van der Waals surface area contributed by atoms with Crippen LogP contribution in [-0.2, 0) is 4.79 Å². The van der Waals surface area contributed by atoms with E-state index in [1.165, 1.54) is 6.07 Å². The SMILES string of the molecule is NC(=O)C1CCN(c2cc(-c3ccc(Cl)cc3)nc3c(F)cccc23)CC1. The van der Waals surface area contributed by atoms with E-state index in [9.17, 15) is 9.18 Å². The third kappa shape index (κ3) is 3.47. The number of rotatable bonds is 3. The number of carbonyl (C=O) groups excluding carboxylic acids is 1. The van der Waals surface area contributed by atoms with Crippen molar-refractivity contribution in [2.45, 2.75) is 12.8 Å². The number of nitrogens with two attached hydrogens (primary N) is 1. The molecule has 0 atom stereocenters. The van der Waals surface area contributed by atoms with Crippen molar-refractivity contribution in [3.63, 3.8) is 0 Å². The predicted molar refractivity (Wildman–Crippen MR) is 106 cm³/mol. The zero-order valence-corrected chi connectivity index (χ0v) is 15.4. The van der Waals surface area contributed by atoms with Crippen molar-refractivity contribution in [1.29, 1.82) is 0 Å². The van der Waals surface area contributed by atoms with Crippen molar-refractivity contribution < 1.29 is 9.18 Å². The highest BCUT2D eigenvalue weighted by Gasteiger charge is 2.25. The minimum Gasteiger partial charge on any atom is -0.371 e. The number of anilines is 1. The molecule has 0 radical (unpaired) electrons. The molecule has 0 unspecified atom stereocenters. The van der Waals surface area contributed by atoms with E-state index in [4.69, 9.17) is 17.3 Å². The topological polar surface area (TPSA) is 59.2 Å². The lowest BCUT2D eigenvalue weighted by atomic mass is 9.95. The molecule has 1 saturated heterocycles. The Morgan fingerprint density at radius 2 is 1.85 bits per heavy atom. The second-order valence-corrected chi connectivity index (χ2v) is 7.27. The van der Waals surface area contributed by atoms with Gasteiger partial charge in [-0.1, -0.05) is 35.9 Å². The number of pyridine rings is 1. The third-order valence-corrected chi connectivity index (χ3v) is 5.40. The standard InChI is InChI=1S/C21H19ClFN3O/c22-15-6-4-13(5-7-15)18-12-19(16-2-1-3-17(23)20(16)25-18)26-10-8-14(9-11-26)21(24)27/h1-7,12,14H,8-11H2,(H2,24,27). The fourth-order valence-electron chi connectivity index (χ4n) is 3.63. The van der Waals surface area contributed by atoms with Crippen LogP contribution in [0, 0.1) is 11.7 Å². The summed E-state index contributed by atoms with van der Waals surface area (Å²) in [7, 11) is 0. The molecular formula is C21H19ClFN3O. The summed E-state index contributed by atoms with van der Waals surface area (Å²) >= 11 is 5.99. The predicted octanol–water partition coefficient (Wildman–Crippen LogP) is 4.40. The van der Waals surface area contributed by atoms with Gasteiger partial charge in [0.15, 0.2) is 0 Å². The Hall–Kier alpha value is -2.66. The van der Waals surface area contributed by atoms with Gasteiger partial charge in [0.2, 0.25) is 5.91 Å². The molecule has 2 aromatic carbocycles. The zero-order chi connectivity index (χ0) is 19.0. The van der Waals surface area contributed by atoms with E-state index in [0.717, 1.165) is 16.6 Å². The van der Waals surface area contributed by atoms with Gasteiger partial charge in [0, 0.05) is 40.7 Å². The smallest absolute Gasteiger partial charge is 0.220 e. The molecule has 27 heavy (non-hydrogen) atoms. The van der Waals surface area contributed by atoms with Gasteiger partial charge in [-0.05, 0) is 37.1 Å². The summed E-state index contributed by atoms with van der Waals surface area (Å²) in [5.41, 5.74) is 8.28. The van der Waals surface area contributed by atoms with Crippen LogP contribution in [0.4, 0.5) is 10.1 Å². The zero-order valence-electron chi connectivity index (χ0n) is 14.7. The molecule has 4 rings (SSSR count). The summed E-state index contributed by atoms with van der Waals surface area (Å²) < 4.78 is 14.5. The lowest BCUT2D eigenvalue weighted by Gasteiger charge is -2.33. The fourth-order valence-corrected chi connectivity index (χ4v) is 3.76. The molecule has 0 spiro atoms. The van der Waals surface area contributed by atoms with Crippen molar-refractivity contribution in [2.24, 2.45) is 11.7 Å². The Kier molecular flexibility index (Phi) is 4.70. The number of benzene rings is 2. The molecule has 1 aliphatic heterocycles. The molecule has 1 aliphatic rings. The molecule has 138 valence electrons. The first-order chi connectivity index (χ1) is 13.0. The number of carbonyl (C=O) groups is 1. The number of para-hydroxylation sites is 1. The molecule has 1 aromatic heterocycles. The Bertz CT molecular complexity index is 998. The molecule has 1 fully saturated rings. The average Bonchev–Trinajstić information content (AvgIpc) is 2.68. The second kappa shape index (κ2) is 7.16. The summed E-state index contributed by atoms with van der Waals surface area (Å²) in [5.74, 6) is -0.694. The highest BCUT2D eigenvalue weighted by molar-refractivity contribution is 6.30. The van der Waals surface area contributed by atoms with E-state index in [1.54, 1.807) is 18.2 Å². The molecule has 0 bridgehead atoms. The van der Waals surface area contributed by atoms with E-state index in [0.29, 0.717) is 42.2 Å². The number of halogens is 2.